The molecule has 11 heteroatoms. The van der Waals surface area contributed by atoms with E-state index in [2.05, 4.69) is 9.98 Å². The summed E-state index contributed by atoms with van der Waals surface area (Å²) in [6.45, 7) is 0. The fourth-order valence-electron chi connectivity index (χ4n) is 3.39. The number of hydrogen-bond donors (Lipinski definition) is 1. The number of nitrogens with two attached hydrogens (primary N) is 1. The van der Waals surface area contributed by atoms with Crippen LogP contribution in [0.2, 0.25) is 4.34 Å². The zero-order valence-corrected chi connectivity index (χ0v) is 20.3. The summed E-state index contributed by atoms with van der Waals surface area (Å²) in [6.07, 6.45) is 1.37. The smallest absolute Gasteiger partial charge is 0.265 e. The first-order chi connectivity index (χ1) is 16.2. The number of carbonyl (C=O) groups excluding carboxylic acids is 1. The molecule has 4 rings (SSSR count). The van der Waals surface area contributed by atoms with Gasteiger partial charge >= 0.3 is 0 Å². The molecule has 0 amide bonds. The molecule has 0 unspecified atom stereocenters. The van der Waals surface area contributed by atoms with Crippen LogP contribution in [0.3, 0.4) is 0 Å². The first kappa shape index (κ1) is 23.8. The number of aromatic nitrogens is 2. The molecular weight excluding hydrogens is 496 g/mol. The highest BCUT2D eigenvalue weighted by Gasteiger charge is 2.21. The molecule has 0 radical (unpaired) electrons. The minimum absolute atomic E-state index is 0.0489. The van der Waals surface area contributed by atoms with E-state index in [4.69, 9.17) is 17.3 Å². The first-order valence-electron chi connectivity index (χ1n) is 10.0. The van der Waals surface area contributed by atoms with E-state index in [1.165, 1.54) is 23.0 Å². The second-order valence-electron chi connectivity index (χ2n) is 7.46. The third-order valence-corrected chi connectivity index (χ3v) is 8.61. The molecule has 0 bridgehead atoms. The highest BCUT2D eigenvalue weighted by atomic mass is 35.5. The maximum atomic E-state index is 13.0. The maximum Gasteiger partial charge on any atom is 0.265 e. The van der Waals surface area contributed by atoms with E-state index in [1.807, 2.05) is 0 Å². The molecule has 8 nitrogen and oxygen atoms in total. The topological polar surface area (TPSA) is 124 Å². The molecule has 2 aromatic heterocycles. The average molecular weight is 515 g/mol. The molecule has 2 N–H and O–H groups in total. The standard InChI is InChI=1S/C23H19ClN4O4S2/c1-26-22(25)15-4-7-18-19(11-15)27-13-28(23(18)30)16-5-2-14(3-6-16)10-17(29)12-34(31,32)21-9-8-20(24)33-21/h2-9,11,13H,10,12H2,1H3,(H2,25,26). The zero-order valence-electron chi connectivity index (χ0n) is 17.9. The van der Waals surface area contributed by atoms with Crippen molar-refractivity contribution in [2.24, 2.45) is 10.7 Å². The minimum Gasteiger partial charge on any atom is -0.384 e. The molecule has 2 heterocycles. The van der Waals surface area contributed by atoms with Crippen molar-refractivity contribution in [2.45, 2.75) is 10.6 Å². The predicted molar refractivity (Wildman–Crippen MR) is 134 cm³/mol. The molecule has 34 heavy (non-hydrogen) atoms. The molecule has 2 aromatic carbocycles. The number of benzene rings is 2. The van der Waals surface area contributed by atoms with Gasteiger partial charge in [0, 0.05) is 19.0 Å². The number of aliphatic imine (C=N–C) groups is 1. The Bertz CT molecular complexity index is 1590. The molecule has 0 aliphatic rings. The SMILES string of the molecule is CN=C(N)c1ccc2c(=O)n(-c3ccc(CC(=O)CS(=O)(=O)c4ccc(Cl)s4)cc3)cnc2c1. The highest BCUT2D eigenvalue weighted by molar-refractivity contribution is 7.94. The van der Waals surface area contributed by atoms with Crippen molar-refractivity contribution in [3.63, 3.8) is 0 Å². The van der Waals surface area contributed by atoms with E-state index in [0.717, 1.165) is 11.3 Å². The van der Waals surface area contributed by atoms with Gasteiger partial charge in [0.15, 0.2) is 15.6 Å². The summed E-state index contributed by atoms with van der Waals surface area (Å²) >= 11 is 6.72. The normalized spacial score (nSPS) is 12.2. The number of thiophene rings is 1. The average Bonchev–Trinajstić information content (AvgIpc) is 3.26. The summed E-state index contributed by atoms with van der Waals surface area (Å²) in [5, 5.41) is 0.424. The monoisotopic (exact) mass is 514 g/mol. The molecule has 0 saturated heterocycles. The number of sulfone groups is 1. The summed E-state index contributed by atoms with van der Waals surface area (Å²) in [5.41, 5.74) is 7.96. The molecule has 0 atom stereocenters. The molecule has 0 fully saturated rings. The van der Waals surface area contributed by atoms with Crippen molar-refractivity contribution in [3.05, 3.63) is 86.7 Å². The van der Waals surface area contributed by atoms with Crippen molar-refractivity contribution in [3.8, 4) is 5.69 Å². The Hall–Kier alpha value is -3.34. The maximum absolute atomic E-state index is 13.0. The fourth-order valence-corrected chi connectivity index (χ4v) is 6.21. The van der Waals surface area contributed by atoms with E-state index >= 15 is 0 Å². The summed E-state index contributed by atoms with van der Waals surface area (Å²) in [6, 6.07) is 14.7. The van der Waals surface area contributed by atoms with Crippen LogP contribution in [0.25, 0.3) is 16.6 Å². The van der Waals surface area contributed by atoms with Gasteiger partial charge in [0.05, 0.1) is 20.9 Å². The van der Waals surface area contributed by atoms with Crippen LogP contribution in [0.15, 0.2) is 74.9 Å². The molecule has 4 aromatic rings. The van der Waals surface area contributed by atoms with E-state index in [1.54, 1.807) is 49.5 Å². The fraction of sp³-hybridized carbons (Fsp3) is 0.130. The minimum atomic E-state index is -3.73. The van der Waals surface area contributed by atoms with Crippen LogP contribution in [0.4, 0.5) is 0 Å². The number of carbonyl (C=O) groups is 1. The predicted octanol–water partition coefficient (Wildman–Crippen LogP) is 3.02. The third-order valence-electron chi connectivity index (χ3n) is 5.12. The summed E-state index contributed by atoms with van der Waals surface area (Å²) in [5.74, 6) is -0.688. The quantitative estimate of drug-likeness (QED) is 0.298. The van der Waals surface area contributed by atoms with Crippen LogP contribution in [0, 0.1) is 0 Å². The Balaban J connectivity index is 1.52. The largest absolute Gasteiger partial charge is 0.384 e. The summed E-state index contributed by atoms with van der Waals surface area (Å²) < 4.78 is 26.6. The van der Waals surface area contributed by atoms with Gasteiger partial charge in [-0.05, 0) is 42.0 Å². The van der Waals surface area contributed by atoms with Gasteiger partial charge in [-0.2, -0.15) is 0 Å². The van der Waals surface area contributed by atoms with Gasteiger partial charge in [-0.25, -0.2) is 13.4 Å². The molecular formula is C23H19ClN4O4S2. The lowest BCUT2D eigenvalue weighted by atomic mass is 10.1. The Morgan fingerprint density at radius 1 is 1.15 bits per heavy atom. The second kappa shape index (κ2) is 9.49. The first-order valence-corrected chi connectivity index (χ1v) is 12.9. The Labute approximate surface area is 204 Å². The number of nitrogens with zero attached hydrogens (tertiary/aromatic N) is 3. The van der Waals surface area contributed by atoms with Crippen LogP contribution in [0.5, 0.6) is 0 Å². The lowest BCUT2D eigenvalue weighted by molar-refractivity contribution is -0.116. The van der Waals surface area contributed by atoms with Gasteiger partial charge in [0.1, 0.15) is 22.1 Å². The second-order valence-corrected chi connectivity index (χ2v) is 11.4. The Morgan fingerprint density at radius 3 is 2.53 bits per heavy atom. The lowest BCUT2D eigenvalue weighted by Crippen LogP contribution is -2.20. The molecule has 0 saturated carbocycles. The number of hydrogen-bond acceptors (Lipinski definition) is 7. The molecule has 0 aliphatic carbocycles. The number of Topliss-reactive ketones (excluding diaryl/α,β-unsaturated/α-hetero) is 1. The van der Waals surface area contributed by atoms with Crippen LogP contribution < -0.4 is 11.3 Å². The number of ketones is 1. The van der Waals surface area contributed by atoms with E-state index in [9.17, 15) is 18.0 Å². The van der Waals surface area contributed by atoms with E-state index in [-0.39, 0.29) is 16.2 Å². The summed E-state index contributed by atoms with van der Waals surface area (Å²) in [7, 11) is -2.15. The zero-order chi connectivity index (χ0) is 24.5. The lowest BCUT2D eigenvalue weighted by Gasteiger charge is -2.09. The van der Waals surface area contributed by atoms with Gasteiger partial charge in [-0.15, -0.1) is 11.3 Å². The van der Waals surface area contributed by atoms with Gasteiger partial charge < -0.3 is 5.73 Å². The van der Waals surface area contributed by atoms with Gasteiger partial charge in [-0.3, -0.25) is 19.1 Å². The third kappa shape index (κ3) is 4.93. The number of amidine groups is 1. The van der Waals surface area contributed by atoms with Gasteiger partial charge in [-0.1, -0.05) is 29.8 Å². The molecule has 0 aliphatic heterocycles. The molecule has 174 valence electrons. The molecule has 0 spiro atoms. The van der Waals surface area contributed by atoms with Crippen molar-refractivity contribution in [1.82, 2.24) is 9.55 Å². The van der Waals surface area contributed by atoms with Crippen molar-refractivity contribution in [2.75, 3.05) is 12.8 Å². The van der Waals surface area contributed by atoms with E-state index in [0.29, 0.717) is 37.9 Å². The van der Waals surface area contributed by atoms with E-state index < -0.39 is 21.4 Å². The van der Waals surface area contributed by atoms with Crippen molar-refractivity contribution in [1.29, 1.82) is 0 Å². The summed E-state index contributed by atoms with van der Waals surface area (Å²) in [4.78, 5) is 33.6. The Kier molecular flexibility index (Phi) is 6.65. The van der Waals surface area contributed by atoms with Crippen LogP contribution in [-0.4, -0.2) is 42.4 Å². The highest BCUT2D eigenvalue weighted by Crippen LogP contribution is 2.26. The number of halogens is 1. The van der Waals surface area contributed by atoms with Crippen LogP contribution >= 0.6 is 22.9 Å². The van der Waals surface area contributed by atoms with Crippen LogP contribution in [0.1, 0.15) is 11.1 Å². The van der Waals surface area contributed by atoms with Gasteiger partial charge in [0.2, 0.25) is 0 Å². The number of fused-ring (bicyclic) bond motifs is 1. The number of rotatable bonds is 7. The van der Waals surface area contributed by atoms with Crippen molar-refractivity contribution >= 4 is 55.3 Å². The van der Waals surface area contributed by atoms with Gasteiger partial charge in [0.25, 0.3) is 5.56 Å². The van der Waals surface area contributed by atoms with Crippen LogP contribution in [-0.2, 0) is 21.1 Å². The Morgan fingerprint density at radius 2 is 1.88 bits per heavy atom. The van der Waals surface area contributed by atoms with Crippen molar-refractivity contribution < 1.29 is 13.2 Å².